The normalized spacial score (nSPS) is 20.4. The van der Waals surface area contributed by atoms with Gasteiger partial charge < -0.3 is 9.47 Å². The third-order valence-electron chi connectivity index (χ3n) is 7.18. The average molecular weight is 526 g/mol. The standard InChI is InChI=1S/C29H23N3O7/c1-37-23-15-20(22(32(35)36)16-24(23)38-2)26-25-27(39-31(26)18-11-4-3-5-12-18)29(34)30(28(25)33)21-14-8-10-17-9-6-7-13-19(17)21/h3-16,25-27H,1-2H3/t25-,26+,27+/m1/s1. The van der Waals surface area contributed by atoms with Crippen LogP contribution in [0.2, 0.25) is 0 Å². The fourth-order valence-corrected chi connectivity index (χ4v) is 5.45. The van der Waals surface area contributed by atoms with Crippen LogP contribution in [0.15, 0.2) is 84.9 Å². The molecule has 2 aliphatic rings. The van der Waals surface area contributed by atoms with E-state index in [9.17, 15) is 19.7 Å². The van der Waals surface area contributed by atoms with Crippen molar-refractivity contribution in [1.82, 2.24) is 0 Å². The summed E-state index contributed by atoms with van der Waals surface area (Å²) in [6.45, 7) is 0. The molecule has 39 heavy (non-hydrogen) atoms. The lowest BCUT2D eigenvalue weighted by atomic mass is 9.89. The molecule has 2 saturated heterocycles. The Labute approximate surface area is 223 Å². The zero-order valence-corrected chi connectivity index (χ0v) is 21.0. The number of methoxy groups -OCH3 is 2. The third-order valence-corrected chi connectivity index (χ3v) is 7.18. The molecule has 2 fully saturated rings. The van der Waals surface area contributed by atoms with E-state index in [0.29, 0.717) is 11.4 Å². The van der Waals surface area contributed by atoms with E-state index in [2.05, 4.69) is 0 Å². The van der Waals surface area contributed by atoms with Crippen molar-refractivity contribution in [3.63, 3.8) is 0 Å². The first-order valence-corrected chi connectivity index (χ1v) is 12.2. The lowest BCUT2D eigenvalue weighted by Crippen LogP contribution is -2.37. The van der Waals surface area contributed by atoms with Crippen LogP contribution in [0, 0.1) is 16.0 Å². The quantitative estimate of drug-likeness (QED) is 0.200. The third kappa shape index (κ3) is 3.76. The molecule has 4 aromatic carbocycles. The summed E-state index contributed by atoms with van der Waals surface area (Å²) in [6, 6.07) is 23.4. The Morgan fingerprint density at radius 2 is 1.51 bits per heavy atom. The summed E-state index contributed by atoms with van der Waals surface area (Å²) < 4.78 is 10.7. The number of anilines is 2. The van der Waals surface area contributed by atoms with E-state index in [1.165, 1.54) is 31.4 Å². The molecule has 2 amide bonds. The van der Waals surface area contributed by atoms with Gasteiger partial charge in [-0.05, 0) is 29.7 Å². The van der Waals surface area contributed by atoms with Gasteiger partial charge in [-0.25, -0.2) is 9.96 Å². The molecule has 0 aliphatic carbocycles. The van der Waals surface area contributed by atoms with Crippen molar-refractivity contribution in [2.75, 3.05) is 24.2 Å². The van der Waals surface area contributed by atoms with Crippen molar-refractivity contribution in [3.8, 4) is 11.5 Å². The van der Waals surface area contributed by atoms with Crippen LogP contribution < -0.4 is 19.4 Å². The van der Waals surface area contributed by atoms with Crippen LogP contribution in [0.5, 0.6) is 11.5 Å². The number of para-hydroxylation sites is 1. The number of rotatable bonds is 6. The van der Waals surface area contributed by atoms with E-state index in [4.69, 9.17) is 14.3 Å². The predicted molar refractivity (Wildman–Crippen MR) is 143 cm³/mol. The summed E-state index contributed by atoms with van der Waals surface area (Å²) in [5, 5.41) is 15.3. The molecule has 0 N–H and O–H groups in total. The van der Waals surface area contributed by atoms with Crippen LogP contribution in [-0.4, -0.2) is 37.1 Å². The fourth-order valence-electron chi connectivity index (χ4n) is 5.45. The van der Waals surface area contributed by atoms with E-state index in [1.807, 2.05) is 36.4 Å². The number of imide groups is 1. The molecular formula is C29H23N3O7. The number of nitro benzene ring substituents is 1. The van der Waals surface area contributed by atoms with Crippen LogP contribution in [0.25, 0.3) is 10.8 Å². The van der Waals surface area contributed by atoms with Crippen molar-refractivity contribution in [2.45, 2.75) is 12.1 Å². The van der Waals surface area contributed by atoms with Crippen LogP contribution in [0.4, 0.5) is 17.1 Å². The molecule has 196 valence electrons. The Morgan fingerprint density at radius 3 is 2.23 bits per heavy atom. The molecule has 4 aromatic rings. The van der Waals surface area contributed by atoms with Gasteiger partial charge in [0.25, 0.3) is 11.6 Å². The number of carbonyl (C=O) groups is 2. The van der Waals surface area contributed by atoms with E-state index < -0.39 is 34.8 Å². The number of fused-ring (bicyclic) bond motifs is 2. The number of nitro groups is 1. The Hall–Kier alpha value is -4.96. The van der Waals surface area contributed by atoms with Crippen molar-refractivity contribution in [3.05, 3.63) is 101 Å². The maximum Gasteiger partial charge on any atom is 0.278 e. The summed E-state index contributed by atoms with van der Waals surface area (Å²) in [7, 11) is 2.80. The molecule has 2 heterocycles. The topological polar surface area (TPSA) is 111 Å². The predicted octanol–water partition coefficient (Wildman–Crippen LogP) is 4.82. The molecule has 10 nitrogen and oxygen atoms in total. The number of ether oxygens (including phenoxy) is 2. The van der Waals surface area contributed by atoms with Gasteiger partial charge in [0.2, 0.25) is 5.91 Å². The maximum absolute atomic E-state index is 14.1. The average Bonchev–Trinajstić information content (AvgIpc) is 3.47. The molecule has 0 unspecified atom stereocenters. The molecule has 6 rings (SSSR count). The molecule has 0 saturated carbocycles. The number of amides is 2. The lowest BCUT2D eigenvalue weighted by Gasteiger charge is -2.29. The van der Waals surface area contributed by atoms with Crippen LogP contribution in [-0.2, 0) is 14.4 Å². The van der Waals surface area contributed by atoms with E-state index in [1.54, 1.807) is 36.4 Å². The Balaban J connectivity index is 1.53. The van der Waals surface area contributed by atoms with Crippen molar-refractivity contribution in [2.24, 2.45) is 5.92 Å². The number of nitrogens with zero attached hydrogens (tertiary/aromatic N) is 3. The summed E-state index contributed by atoms with van der Waals surface area (Å²) in [6.07, 6.45) is -1.19. The second-order valence-corrected chi connectivity index (χ2v) is 9.19. The van der Waals surface area contributed by atoms with Crippen molar-refractivity contribution < 1.29 is 28.8 Å². The maximum atomic E-state index is 14.1. The molecule has 0 aromatic heterocycles. The molecule has 2 aliphatic heterocycles. The Morgan fingerprint density at radius 1 is 0.846 bits per heavy atom. The van der Waals surface area contributed by atoms with Crippen LogP contribution in [0.1, 0.15) is 11.6 Å². The van der Waals surface area contributed by atoms with E-state index >= 15 is 0 Å². The van der Waals surface area contributed by atoms with Crippen molar-refractivity contribution in [1.29, 1.82) is 0 Å². The van der Waals surface area contributed by atoms with Crippen LogP contribution in [0.3, 0.4) is 0 Å². The zero-order chi connectivity index (χ0) is 27.3. The van der Waals surface area contributed by atoms with Gasteiger partial charge in [0.15, 0.2) is 17.6 Å². The second kappa shape index (κ2) is 9.41. The van der Waals surface area contributed by atoms with Gasteiger partial charge in [-0.3, -0.25) is 24.5 Å². The number of benzene rings is 4. The number of carbonyl (C=O) groups excluding carboxylic acids is 2. The van der Waals surface area contributed by atoms with Crippen molar-refractivity contribution >= 4 is 39.6 Å². The first-order chi connectivity index (χ1) is 18.9. The van der Waals surface area contributed by atoms with Gasteiger partial charge in [-0.2, -0.15) is 0 Å². The van der Waals surface area contributed by atoms with Gasteiger partial charge >= 0.3 is 0 Å². The highest BCUT2D eigenvalue weighted by Gasteiger charge is 2.61. The first-order valence-electron chi connectivity index (χ1n) is 12.2. The first kappa shape index (κ1) is 24.4. The number of hydrogen-bond acceptors (Lipinski definition) is 8. The van der Waals surface area contributed by atoms with Gasteiger partial charge in [0.1, 0.15) is 12.0 Å². The highest BCUT2D eigenvalue weighted by molar-refractivity contribution is 6.26. The summed E-state index contributed by atoms with van der Waals surface area (Å²) >= 11 is 0. The summed E-state index contributed by atoms with van der Waals surface area (Å²) in [5.74, 6) is -1.69. The molecule has 10 heteroatoms. The number of hydroxylamine groups is 1. The minimum absolute atomic E-state index is 0.162. The highest BCUT2D eigenvalue weighted by Crippen LogP contribution is 2.51. The monoisotopic (exact) mass is 525 g/mol. The van der Waals surface area contributed by atoms with Gasteiger partial charge in [-0.1, -0.05) is 54.6 Å². The van der Waals surface area contributed by atoms with E-state index in [-0.39, 0.29) is 22.7 Å². The Bertz CT molecular complexity index is 1620. The molecule has 0 radical (unpaired) electrons. The summed E-state index contributed by atoms with van der Waals surface area (Å²) in [5.41, 5.74) is 0.854. The minimum Gasteiger partial charge on any atom is -0.493 e. The molecule has 3 atom stereocenters. The largest absolute Gasteiger partial charge is 0.493 e. The van der Waals surface area contributed by atoms with Gasteiger partial charge in [0.05, 0.1) is 42.1 Å². The molecule has 0 spiro atoms. The Kier molecular flexibility index (Phi) is 5.88. The summed E-state index contributed by atoms with van der Waals surface area (Å²) in [4.78, 5) is 47.0. The van der Waals surface area contributed by atoms with Gasteiger partial charge in [0, 0.05) is 5.39 Å². The number of hydrogen-bond donors (Lipinski definition) is 0. The smallest absolute Gasteiger partial charge is 0.278 e. The highest BCUT2D eigenvalue weighted by atomic mass is 16.7. The minimum atomic E-state index is -1.19. The van der Waals surface area contributed by atoms with Gasteiger partial charge in [-0.15, -0.1) is 0 Å². The molecule has 0 bridgehead atoms. The SMILES string of the molecule is COc1cc([C@H]2[C@H]3C(=O)N(c4cccc5ccccc45)C(=O)[C@H]3ON2c2ccccc2)c([N+](=O)[O-])cc1OC. The van der Waals surface area contributed by atoms with E-state index in [0.717, 1.165) is 15.7 Å². The lowest BCUT2D eigenvalue weighted by molar-refractivity contribution is -0.385. The fraction of sp³-hybridized carbons (Fsp3) is 0.172. The van der Waals surface area contributed by atoms with Crippen LogP contribution >= 0.6 is 0 Å². The zero-order valence-electron chi connectivity index (χ0n) is 21.0. The second-order valence-electron chi connectivity index (χ2n) is 9.19. The molecular weight excluding hydrogens is 502 g/mol.